The minimum atomic E-state index is 0.404. The van der Waals surface area contributed by atoms with Crippen molar-refractivity contribution >= 4 is 0 Å². The van der Waals surface area contributed by atoms with E-state index in [1.54, 1.807) is 0 Å². The summed E-state index contributed by atoms with van der Waals surface area (Å²) in [6.45, 7) is 5.39. The van der Waals surface area contributed by atoms with Crippen LogP contribution in [0.3, 0.4) is 0 Å². The fraction of sp³-hybridized carbons (Fsp3) is 0.438. The smallest absolute Gasteiger partial charge is 0.0534 e. The van der Waals surface area contributed by atoms with Crippen LogP contribution in [0, 0.1) is 5.92 Å². The van der Waals surface area contributed by atoms with Crippen LogP contribution in [0.4, 0.5) is 0 Å². The largest absolute Gasteiger partial charge is 0.306 e. The van der Waals surface area contributed by atoms with Gasteiger partial charge in [-0.25, -0.2) is 0 Å². The van der Waals surface area contributed by atoms with Gasteiger partial charge in [0.25, 0.3) is 0 Å². The van der Waals surface area contributed by atoms with Gasteiger partial charge in [0.05, 0.1) is 6.20 Å². The van der Waals surface area contributed by atoms with E-state index < -0.39 is 0 Å². The molecule has 0 bridgehead atoms. The summed E-state index contributed by atoms with van der Waals surface area (Å²) in [5, 5.41) is 7.85. The SMILES string of the molecule is CC(C)C[C@H](NCc1cnn(C)c1)c1ccccc1. The molecule has 2 aromatic rings. The van der Waals surface area contributed by atoms with E-state index in [0.29, 0.717) is 12.0 Å². The summed E-state index contributed by atoms with van der Waals surface area (Å²) in [5.74, 6) is 0.673. The lowest BCUT2D eigenvalue weighted by Crippen LogP contribution is -2.22. The van der Waals surface area contributed by atoms with Crippen LogP contribution in [0.2, 0.25) is 0 Å². The monoisotopic (exact) mass is 257 g/mol. The molecule has 3 heteroatoms. The van der Waals surface area contributed by atoms with Crippen molar-refractivity contribution in [2.45, 2.75) is 32.9 Å². The lowest BCUT2D eigenvalue weighted by molar-refractivity contribution is 0.428. The number of aryl methyl sites for hydroxylation is 1. The molecular weight excluding hydrogens is 234 g/mol. The van der Waals surface area contributed by atoms with Crippen molar-refractivity contribution in [2.24, 2.45) is 13.0 Å². The summed E-state index contributed by atoms with van der Waals surface area (Å²) in [6, 6.07) is 11.1. The molecule has 0 saturated carbocycles. The Kier molecular flexibility index (Phi) is 4.74. The van der Waals surface area contributed by atoms with Crippen LogP contribution in [0.25, 0.3) is 0 Å². The van der Waals surface area contributed by atoms with Gasteiger partial charge in [0.15, 0.2) is 0 Å². The third-order valence-corrected chi connectivity index (χ3v) is 3.22. The van der Waals surface area contributed by atoms with Gasteiger partial charge in [-0.05, 0) is 17.9 Å². The number of rotatable bonds is 6. The highest BCUT2D eigenvalue weighted by atomic mass is 15.2. The van der Waals surface area contributed by atoms with Crippen molar-refractivity contribution in [1.82, 2.24) is 15.1 Å². The molecule has 0 fully saturated rings. The van der Waals surface area contributed by atoms with Gasteiger partial charge < -0.3 is 5.32 Å². The summed E-state index contributed by atoms with van der Waals surface area (Å²) in [5.41, 5.74) is 2.59. The van der Waals surface area contributed by atoms with Gasteiger partial charge >= 0.3 is 0 Å². The predicted molar refractivity (Wildman–Crippen MR) is 78.7 cm³/mol. The van der Waals surface area contributed by atoms with Gasteiger partial charge in [-0.1, -0.05) is 44.2 Å². The molecule has 3 nitrogen and oxygen atoms in total. The Morgan fingerprint density at radius 2 is 1.95 bits per heavy atom. The van der Waals surface area contributed by atoms with E-state index in [-0.39, 0.29) is 0 Å². The molecule has 1 atom stereocenters. The predicted octanol–water partition coefficient (Wildman–Crippen LogP) is 3.30. The highest BCUT2D eigenvalue weighted by Crippen LogP contribution is 2.21. The molecular formula is C16H23N3. The van der Waals surface area contributed by atoms with Crippen LogP contribution in [0.1, 0.15) is 37.4 Å². The van der Waals surface area contributed by atoms with Crippen LogP contribution < -0.4 is 5.32 Å². The summed E-state index contributed by atoms with van der Waals surface area (Å²) >= 11 is 0. The average Bonchev–Trinajstić information content (AvgIpc) is 2.81. The first kappa shape index (κ1) is 13.8. The number of aromatic nitrogens is 2. The first-order valence-electron chi connectivity index (χ1n) is 6.91. The Balaban J connectivity index is 2.02. The molecule has 1 aromatic heterocycles. The Morgan fingerprint density at radius 3 is 2.53 bits per heavy atom. The molecule has 2 rings (SSSR count). The van der Waals surface area contributed by atoms with Crippen molar-refractivity contribution in [3.63, 3.8) is 0 Å². The Hall–Kier alpha value is -1.61. The van der Waals surface area contributed by atoms with Crippen molar-refractivity contribution in [3.8, 4) is 0 Å². The summed E-state index contributed by atoms with van der Waals surface area (Å²) in [7, 11) is 1.95. The molecule has 102 valence electrons. The van der Waals surface area contributed by atoms with Crippen LogP contribution >= 0.6 is 0 Å². The number of benzene rings is 1. The molecule has 0 spiro atoms. The molecule has 0 aliphatic carbocycles. The van der Waals surface area contributed by atoms with Gasteiger partial charge in [0.2, 0.25) is 0 Å². The van der Waals surface area contributed by atoms with E-state index in [2.05, 4.69) is 60.8 Å². The highest BCUT2D eigenvalue weighted by molar-refractivity contribution is 5.19. The molecule has 0 radical (unpaired) electrons. The maximum atomic E-state index is 4.20. The van der Waals surface area contributed by atoms with Gasteiger partial charge in [-0.15, -0.1) is 0 Å². The summed E-state index contributed by atoms with van der Waals surface area (Å²) in [6.07, 6.45) is 5.12. The van der Waals surface area contributed by atoms with E-state index in [0.717, 1.165) is 13.0 Å². The van der Waals surface area contributed by atoms with Crippen LogP contribution in [-0.2, 0) is 13.6 Å². The topological polar surface area (TPSA) is 29.9 Å². The zero-order chi connectivity index (χ0) is 13.7. The van der Waals surface area contributed by atoms with Crippen LogP contribution in [0.5, 0.6) is 0 Å². The molecule has 1 heterocycles. The standard InChI is InChI=1S/C16H23N3/c1-13(2)9-16(15-7-5-4-6-8-15)17-10-14-11-18-19(3)12-14/h4-8,11-13,16-17H,9-10H2,1-3H3/t16-/m0/s1. The van der Waals surface area contributed by atoms with E-state index in [4.69, 9.17) is 0 Å². The van der Waals surface area contributed by atoms with Crippen LogP contribution in [-0.4, -0.2) is 9.78 Å². The number of nitrogens with zero attached hydrogens (tertiary/aromatic N) is 2. The molecule has 0 aliphatic rings. The molecule has 0 unspecified atom stereocenters. The molecule has 1 N–H and O–H groups in total. The maximum absolute atomic E-state index is 4.20. The average molecular weight is 257 g/mol. The fourth-order valence-electron chi connectivity index (χ4n) is 2.30. The second kappa shape index (κ2) is 6.53. The maximum Gasteiger partial charge on any atom is 0.0534 e. The second-order valence-electron chi connectivity index (χ2n) is 5.50. The third kappa shape index (κ3) is 4.21. The lowest BCUT2D eigenvalue weighted by atomic mass is 9.97. The van der Waals surface area contributed by atoms with Gasteiger partial charge in [-0.3, -0.25) is 4.68 Å². The van der Waals surface area contributed by atoms with Gasteiger partial charge in [0, 0.05) is 31.4 Å². The normalized spacial score (nSPS) is 12.8. The van der Waals surface area contributed by atoms with E-state index in [1.807, 2.05) is 17.9 Å². The quantitative estimate of drug-likeness (QED) is 0.860. The summed E-state index contributed by atoms with van der Waals surface area (Å²) < 4.78 is 1.84. The van der Waals surface area contributed by atoms with Crippen molar-refractivity contribution in [2.75, 3.05) is 0 Å². The first-order valence-corrected chi connectivity index (χ1v) is 6.91. The lowest BCUT2D eigenvalue weighted by Gasteiger charge is -2.21. The van der Waals surface area contributed by atoms with Gasteiger partial charge in [-0.2, -0.15) is 5.10 Å². The van der Waals surface area contributed by atoms with Crippen LogP contribution in [0.15, 0.2) is 42.7 Å². The third-order valence-electron chi connectivity index (χ3n) is 3.22. The Morgan fingerprint density at radius 1 is 1.21 bits per heavy atom. The molecule has 0 saturated heterocycles. The summed E-state index contributed by atoms with van der Waals surface area (Å²) in [4.78, 5) is 0. The number of hydrogen-bond donors (Lipinski definition) is 1. The molecule has 0 aliphatic heterocycles. The Bertz CT molecular complexity index is 488. The number of nitrogens with one attached hydrogen (secondary N) is 1. The van der Waals surface area contributed by atoms with Crippen molar-refractivity contribution in [1.29, 1.82) is 0 Å². The molecule has 1 aromatic carbocycles. The first-order chi connectivity index (χ1) is 9.15. The fourth-order valence-corrected chi connectivity index (χ4v) is 2.30. The zero-order valence-electron chi connectivity index (χ0n) is 12.0. The zero-order valence-corrected chi connectivity index (χ0v) is 12.0. The number of hydrogen-bond acceptors (Lipinski definition) is 2. The van der Waals surface area contributed by atoms with Gasteiger partial charge in [0.1, 0.15) is 0 Å². The minimum Gasteiger partial charge on any atom is -0.306 e. The second-order valence-corrected chi connectivity index (χ2v) is 5.50. The van der Waals surface area contributed by atoms with Crippen molar-refractivity contribution < 1.29 is 0 Å². The van der Waals surface area contributed by atoms with E-state index in [1.165, 1.54) is 11.1 Å². The Labute approximate surface area is 115 Å². The molecule has 19 heavy (non-hydrogen) atoms. The molecule has 0 amide bonds. The van der Waals surface area contributed by atoms with Crippen molar-refractivity contribution in [3.05, 3.63) is 53.9 Å². The van der Waals surface area contributed by atoms with E-state index >= 15 is 0 Å². The minimum absolute atomic E-state index is 0.404. The highest BCUT2D eigenvalue weighted by Gasteiger charge is 2.12. The van der Waals surface area contributed by atoms with E-state index in [9.17, 15) is 0 Å².